The van der Waals surface area contributed by atoms with E-state index in [9.17, 15) is 0 Å². The number of hydrogen-bond donors (Lipinski definition) is 1. The Labute approximate surface area is 112 Å². The molecule has 2 nitrogen and oxygen atoms in total. The van der Waals surface area contributed by atoms with Crippen LogP contribution in [0, 0.1) is 11.3 Å². The van der Waals surface area contributed by atoms with E-state index in [-0.39, 0.29) is 0 Å². The fourth-order valence-corrected chi connectivity index (χ4v) is 1.96. The molecular formula is C15H13ClN2. The lowest BCUT2D eigenvalue weighted by atomic mass is 10.1. The first-order valence-corrected chi connectivity index (χ1v) is 6.11. The predicted molar refractivity (Wildman–Crippen MR) is 73.2 cm³/mol. The molecule has 0 unspecified atom stereocenters. The van der Waals surface area contributed by atoms with E-state index in [1.54, 1.807) is 0 Å². The van der Waals surface area contributed by atoms with Gasteiger partial charge in [0.15, 0.2) is 0 Å². The summed E-state index contributed by atoms with van der Waals surface area (Å²) < 4.78 is 0. The zero-order valence-electron chi connectivity index (χ0n) is 9.86. The highest BCUT2D eigenvalue weighted by atomic mass is 35.5. The molecule has 0 fully saturated rings. The van der Waals surface area contributed by atoms with E-state index in [2.05, 4.69) is 11.4 Å². The van der Waals surface area contributed by atoms with Gasteiger partial charge in [-0.3, -0.25) is 0 Å². The van der Waals surface area contributed by atoms with Crippen LogP contribution in [0.25, 0.3) is 0 Å². The Bertz CT molecular complexity index is 573. The van der Waals surface area contributed by atoms with Crippen molar-refractivity contribution in [1.29, 1.82) is 5.26 Å². The highest BCUT2D eigenvalue weighted by Crippen LogP contribution is 2.14. The van der Waals surface area contributed by atoms with Gasteiger partial charge < -0.3 is 5.32 Å². The lowest BCUT2D eigenvalue weighted by Crippen LogP contribution is -2.13. The molecule has 18 heavy (non-hydrogen) atoms. The zero-order chi connectivity index (χ0) is 12.8. The Balaban J connectivity index is 1.97. The minimum absolute atomic E-state index is 0.662. The van der Waals surface area contributed by atoms with Crippen molar-refractivity contribution >= 4 is 11.6 Å². The van der Waals surface area contributed by atoms with E-state index in [1.165, 1.54) is 0 Å². The molecule has 1 N–H and O–H groups in total. The summed E-state index contributed by atoms with van der Waals surface area (Å²) >= 11 is 6.07. The molecule has 0 spiro atoms. The molecule has 2 aromatic carbocycles. The van der Waals surface area contributed by atoms with Crippen molar-refractivity contribution < 1.29 is 0 Å². The summed E-state index contributed by atoms with van der Waals surface area (Å²) in [7, 11) is 0. The maximum absolute atomic E-state index is 8.98. The molecule has 90 valence electrons. The van der Waals surface area contributed by atoms with Crippen molar-refractivity contribution in [1.82, 2.24) is 5.32 Å². The Hall–Kier alpha value is -1.82. The van der Waals surface area contributed by atoms with Crippen molar-refractivity contribution in [3.8, 4) is 6.07 Å². The summed E-state index contributed by atoms with van der Waals surface area (Å²) in [5, 5.41) is 13.0. The Kier molecular flexibility index (Phi) is 4.35. The minimum Gasteiger partial charge on any atom is -0.309 e. The van der Waals surface area contributed by atoms with Gasteiger partial charge in [0, 0.05) is 18.1 Å². The number of nitrogens with one attached hydrogen (secondary N) is 1. The third-order valence-corrected chi connectivity index (χ3v) is 3.10. The number of halogens is 1. The van der Waals surface area contributed by atoms with Gasteiger partial charge in [0.25, 0.3) is 0 Å². The Morgan fingerprint density at radius 3 is 2.28 bits per heavy atom. The van der Waals surface area contributed by atoms with Crippen LogP contribution in [0.5, 0.6) is 0 Å². The monoisotopic (exact) mass is 256 g/mol. The van der Waals surface area contributed by atoms with Crippen LogP contribution in [0.4, 0.5) is 0 Å². The molecule has 0 aliphatic carbocycles. The normalized spacial score (nSPS) is 10.0. The second kappa shape index (κ2) is 6.20. The lowest BCUT2D eigenvalue weighted by Gasteiger charge is -2.07. The van der Waals surface area contributed by atoms with Crippen LogP contribution in [-0.2, 0) is 13.1 Å². The second-order valence-corrected chi connectivity index (χ2v) is 4.37. The van der Waals surface area contributed by atoms with Gasteiger partial charge in [-0.15, -0.1) is 0 Å². The van der Waals surface area contributed by atoms with Crippen molar-refractivity contribution in [2.24, 2.45) is 0 Å². The molecule has 0 bridgehead atoms. The van der Waals surface area contributed by atoms with Gasteiger partial charge in [0.2, 0.25) is 0 Å². The molecule has 0 amide bonds. The SMILES string of the molecule is N#Cc1ccccc1CNCc1ccccc1Cl. The van der Waals surface area contributed by atoms with Gasteiger partial charge in [0.1, 0.15) is 0 Å². The zero-order valence-corrected chi connectivity index (χ0v) is 10.6. The van der Waals surface area contributed by atoms with Crippen LogP contribution in [0.3, 0.4) is 0 Å². The van der Waals surface area contributed by atoms with Crippen molar-refractivity contribution in [2.75, 3.05) is 0 Å². The largest absolute Gasteiger partial charge is 0.309 e. The molecule has 0 aliphatic heterocycles. The molecule has 0 heterocycles. The van der Waals surface area contributed by atoms with Crippen LogP contribution < -0.4 is 5.32 Å². The van der Waals surface area contributed by atoms with Crippen molar-refractivity contribution in [2.45, 2.75) is 13.1 Å². The summed E-state index contributed by atoms with van der Waals surface area (Å²) in [6.07, 6.45) is 0. The molecule has 0 saturated carbocycles. The van der Waals surface area contributed by atoms with Crippen LogP contribution in [0.1, 0.15) is 16.7 Å². The van der Waals surface area contributed by atoms with Crippen LogP contribution in [-0.4, -0.2) is 0 Å². The first-order valence-electron chi connectivity index (χ1n) is 5.73. The van der Waals surface area contributed by atoms with E-state index in [0.29, 0.717) is 18.7 Å². The van der Waals surface area contributed by atoms with Crippen LogP contribution >= 0.6 is 11.6 Å². The van der Waals surface area contributed by atoms with E-state index in [1.807, 2.05) is 48.5 Å². The van der Waals surface area contributed by atoms with E-state index < -0.39 is 0 Å². The molecular weight excluding hydrogens is 244 g/mol. The third-order valence-electron chi connectivity index (χ3n) is 2.73. The maximum atomic E-state index is 8.98. The van der Waals surface area contributed by atoms with E-state index in [4.69, 9.17) is 16.9 Å². The first kappa shape index (κ1) is 12.6. The number of nitrogens with zero attached hydrogens (tertiary/aromatic N) is 1. The molecule has 0 aliphatic rings. The molecule has 2 aromatic rings. The molecule has 0 radical (unpaired) electrons. The summed E-state index contributed by atoms with van der Waals surface area (Å²) in [4.78, 5) is 0. The molecule has 0 saturated heterocycles. The minimum atomic E-state index is 0.662. The van der Waals surface area contributed by atoms with Crippen molar-refractivity contribution in [3.63, 3.8) is 0 Å². The van der Waals surface area contributed by atoms with E-state index in [0.717, 1.165) is 16.1 Å². The highest BCUT2D eigenvalue weighted by molar-refractivity contribution is 6.31. The topological polar surface area (TPSA) is 35.8 Å². The summed E-state index contributed by atoms with van der Waals surface area (Å²) in [5.74, 6) is 0. The van der Waals surface area contributed by atoms with Crippen LogP contribution in [0.15, 0.2) is 48.5 Å². The quantitative estimate of drug-likeness (QED) is 0.909. The van der Waals surface area contributed by atoms with Gasteiger partial charge in [-0.1, -0.05) is 48.0 Å². The first-order chi connectivity index (χ1) is 8.81. The van der Waals surface area contributed by atoms with Gasteiger partial charge in [-0.25, -0.2) is 0 Å². The third kappa shape index (κ3) is 3.10. The fraction of sp³-hybridized carbons (Fsp3) is 0.133. The number of rotatable bonds is 4. The van der Waals surface area contributed by atoms with Gasteiger partial charge in [-0.05, 0) is 23.3 Å². The average Bonchev–Trinajstić information content (AvgIpc) is 2.41. The maximum Gasteiger partial charge on any atom is 0.0995 e. The smallest absolute Gasteiger partial charge is 0.0995 e. The van der Waals surface area contributed by atoms with Crippen molar-refractivity contribution in [3.05, 3.63) is 70.2 Å². The van der Waals surface area contributed by atoms with Gasteiger partial charge >= 0.3 is 0 Å². The predicted octanol–water partition coefficient (Wildman–Crippen LogP) is 3.50. The molecule has 0 atom stereocenters. The molecule has 3 heteroatoms. The highest BCUT2D eigenvalue weighted by Gasteiger charge is 2.01. The number of benzene rings is 2. The Morgan fingerprint density at radius 2 is 1.56 bits per heavy atom. The standard InChI is InChI=1S/C15H13ClN2/c16-15-8-4-3-7-14(15)11-18-10-13-6-2-1-5-12(13)9-17/h1-8,18H,10-11H2. The lowest BCUT2D eigenvalue weighted by molar-refractivity contribution is 0.692. The summed E-state index contributed by atoms with van der Waals surface area (Å²) in [6, 6.07) is 17.5. The second-order valence-electron chi connectivity index (χ2n) is 3.96. The summed E-state index contributed by atoms with van der Waals surface area (Å²) in [5.41, 5.74) is 2.78. The molecule has 2 rings (SSSR count). The average molecular weight is 257 g/mol. The summed E-state index contributed by atoms with van der Waals surface area (Å²) in [6.45, 7) is 1.36. The van der Waals surface area contributed by atoms with E-state index >= 15 is 0 Å². The molecule has 0 aromatic heterocycles. The van der Waals surface area contributed by atoms with Gasteiger partial charge in [0.05, 0.1) is 11.6 Å². The van der Waals surface area contributed by atoms with Crippen LogP contribution in [0.2, 0.25) is 5.02 Å². The number of hydrogen-bond acceptors (Lipinski definition) is 2. The fourth-order valence-electron chi connectivity index (χ4n) is 1.76. The Morgan fingerprint density at radius 1 is 0.944 bits per heavy atom. The number of nitriles is 1. The van der Waals surface area contributed by atoms with Gasteiger partial charge in [-0.2, -0.15) is 5.26 Å².